The van der Waals surface area contributed by atoms with Crippen LogP contribution in [-0.2, 0) is 28.1 Å². The van der Waals surface area contributed by atoms with Gasteiger partial charge in [-0.25, -0.2) is 4.98 Å². The molecular weight excluding hydrogens is 907 g/mol. The van der Waals surface area contributed by atoms with Gasteiger partial charge >= 0.3 is 0 Å². The van der Waals surface area contributed by atoms with E-state index in [0.29, 0.717) is 22.7 Å². The highest BCUT2D eigenvalue weighted by molar-refractivity contribution is 6.00. The van der Waals surface area contributed by atoms with Crippen LogP contribution in [0.25, 0.3) is 95.1 Å². The maximum atomic E-state index is 12.7. The summed E-state index contributed by atoms with van der Waals surface area (Å²) in [6.45, 7) is 35.7. The predicted octanol–water partition coefficient (Wildman–Crippen LogP) is 19.0. The molecule has 0 fully saturated rings. The van der Waals surface area contributed by atoms with Crippen molar-refractivity contribution < 1.29 is 13.9 Å². The molecule has 0 saturated heterocycles. The van der Waals surface area contributed by atoms with Crippen molar-refractivity contribution in [3.8, 4) is 67.9 Å². The van der Waals surface area contributed by atoms with E-state index < -0.39 is 0 Å². The number of benzene rings is 6. The molecule has 0 aliphatic rings. The van der Waals surface area contributed by atoms with E-state index >= 15 is 0 Å². The van der Waals surface area contributed by atoms with Gasteiger partial charge < -0.3 is 13.9 Å². The molecule has 0 atom stereocenters. The number of aromatic hydroxyl groups is 1. The van der Waals surface area contributed by atoms with E-state index in [2.05, 4.69) is 237 Å². The maximum Gasteiger partial charge on any atom is 0.173 e. The Kier molecular flexibility index (Phi) is 12.1. The molecule has 0 saturated carbocycles. The van der Waals surface area contributed by atoms with Crippen molar-refractivity contribution in [2.24, 2.45) is 5.41 Å². The van der Waals surface area contributed by atoms with Gasteiger partial charge in [0, 0.05) is 44.8 Å². The van der Waals surface area contributed by atoms with Gasteiger partial charge in [-0.2, -0.15) is 0 Å². The Morgan fingerprint density at radius 2 is 1.23 bits per heavy atom. The first kappa shape index (κ1) is 50.4. The summed E-state index contributed by atoms with van der Waals surface area (Å²) in [7, 11) is 0. The van der Waals surface area contributed by atoms with E-state index in [1.165, 1.54) is 11.1 Å². The molecule has 6 nitrogen and oxygen atoms in total. The third-order valence-electron chi connectivity index (χ3n) is 14.7. The number of para-hydroxylation sites is 1. The molecule has 1 N–H and O–H groups in total. The summed E-state index contributed by atoms with van der Waals surface area (Å²) in [6.07, 6.45) is 2.85. The molecule has 0 bridgehead atoms. The SMILES string of the molecule is Cc1c(-c2cc3ccnc(-c4cc(-c5cccc6c5nc(-c5cc(C(C)(C)C)cc(C(C)(C)C)c5O)n6-c5ccc(C(C)(C)C)cc5-c5ccccc5)cc(C(C)(C)C)c4)c3o2)oc2ccc(CC(C)(C)C)cc12. The number of rotatable bonds is 7. The van der Waals surface area contributed by atoms with Crippen LogP contribution in [0.4, 0.5) is 0 Å². The van der Waals surface area contributed by atoms with Crippen molar-refractivity contribution in [2.75, 3.05) is 0 Å². The van der Waals surface area contributed by atoms with Gasteiger partial charge in [0.25, 0.3) is 0 Å². The zero-order valence-corrected chi connectivity index (χ0v) is 46.5. The summed E-state index contributed by atoms with van der Waals surface area (Å²) in [5.41, 5.74) is 16.9. The normalized spacial score (nSPS) is 13.0. The predicted molar refractivity (Wildman–Crippen MR) is 310 cm³/mol. The molecule has 4 aromatic heterocycles. The minimum absolute atomic E-state index is 0.0924. The Bertz CT molecular complexity index is 3790. The largest absolute Gasteiger partial charge is 0.507 e. The highest BCUT2D eigenvalue weighted by atomic mass is 16.4. The van der Waals surface area contributed by atoms with Crippen molar-refractivity contribution in [3.05, 3.63) is 167 Å². The topological polar surface area (TPSA) is 77.2 Å². The van der Waals surface area contributed by atoms with E-state index in [-0.39, 0.29) is 32.8 Å². The molecule has 0 unspecified atom stereocenters. The highest BCUT2D eigenvalue weighted by Gasteiger charge is 2.31. The van der Waals surface area contributed by atoms with Crippen molar-refractivity contribution in [1.82, 2.24) is 14.5 Å². The molecule has 4 heterocycles. The van der Waals surface area contributed by atoms with Crippen molar-refractivity contribution >= 4 is 33.0 Å². The lowest BCUT2D eigenvalue weighted by atomic mass is 9.79. The van der Waals surface area contributed by atoms with Crippen LogP contribution in [-0.4, -0.2) is 19.6 Å². The minimum atomic E-state index is -0.345. The zero-order valence-electron chi connectivity index (χ0n) is 46.5. The van der Waals surface area contributed by atoms with Crippen LogP contribution >= 0.6 is 0 Å². The van der Waals surface area contributed by atoms with Crippen LogP contribution in [0.15, 0.2) is 142 Å². The second-order valence-electron chi connectivity index (χ2n) is 26.1. The summed E-state index contributed by atoms with van der Waals surface area (Å²) in [6, 6.07) is 45.7. The van der Waals surface area contributed by atoms with Gasteiger partial charge in [0.15, 0.2) is 17.1 Å². The summed E-state index contributed by atoms with van der Waals surface area (Å²) in [5, 5.41) is 14.7. The van der Waals surface area contributed by atoms with Gasteiger partial charge in [-0.15, -0.1) is 0 Å². The van der Waals surface area contributed by atoms with Gasteiger partial charge in [0.2, 0.25) is 0 Å². The number of phenols is 1. The van der Waals surface area contributed by atoms with E-state index in [4.69, 9.17) is 18.8 Å². The van der Waals surface area contributed by atoms with Gasteiger partial charge in [0.05, 0.1) is 22.3 Å². The molecule has 10 rings (SSSR count). The molecule has 6 aromatic carbocycles. The molecule has 6 heteroatoms. The number of aryl methyl sites for hydroxylation is 1. The van der Waals surface area contributed by atoms with Crippen LogP contribution in [0.2, 0.25) is 0 Å². The Balaban J connectivity index is 1.22. The first-order valence-electron chi connectivity index (χ1n) is 26.3. The van der Waals surface area contributed by atoms with Crippen LogP contribution < -0.4 is 0 Å². The average molecular weight is 980 g/mol. The van der Waals surface area contributed by atoms with E-state index in [0.717, 1.165) is 101 Å². The minimum Gasteiger partial charge on any atom is -0.507 e. The molecule has 0 radical (unpaired) electrons. The second kappa shape index (κ2) is 17.8. The van der Waals surface area contributed by atoms with E-state index in [1.807, 2.05) is 12.3 Å². The fourth-order valence-electron chi connectivity index (χ4n) is 10.5. The quantitative estimate of drug-likeness (QED) is 0.172. The number of fused-ring (bicyclic) bond motifs is 3. The average Bonchev–Trinajstić information content (AvgIpc) is 4.03. The molecule has 10 aromatic rings. The fraction of sp³-hybridized carbons (Fsp3) is 0.324. The van der Waals surface area contributed by atoms with Crippen LogP contribution in [0.5, 0.6) is 5.75 Å². The summed E-state index contributed by atoms with van der Waals surface area (Å²) in [4.78, 5) is 10.8. The molecule has 0 amide bonds. The molecule has 74 heavy (non-hydrogen) atoms. The molecule has 0 aliphatic heterocycles. The van der Waals surface area contributed by atoms with Gasteiger partial charge in [0.1, 0.15) is 22.9 Å². The second-order valence-corrected chi connectivity index (χ2v) is 26.1. The Morgan fingerprint density at radius 1 is 0.554 bits per heavy atom. The third-order valence-corrected chi connectivity index (χ3v) is 14.7. The highest BCUT2D eigenvalue weighted by Crippen LogP contribution is 2.47. The van der Waals surface area contributed by atoms with Gasteiger partial charge in [-0.1, -0.05) is 171 Å². The fourth-order valence-corrected chi connectivity index (χ4v) is 10.5. The monoisotopic (exact) mass is 980 g/mol. The van der Waals surface area contributed by atoms with Gasteiger partial charge in [-0.05, 0) is 134 Å². The van der Waals surface area contributed by atoms with E-state index in [9.17, 15) is 5.11 Å². The Hall–Kier alpha value is -7.18. The standard InChI is InChI=1S/C68H73N3O3/c1-40-50-31-41(39-64(2,3)4)25-28-56(50)73-61(40)57-35-43-29-30-69-58(62(43)74-57)45-32-44(33-47(34-45)66(8,9)10)49-23-20-24-55-59(49)70-63(52-37-48(67(11,12)13)38-53(60(52)72)68(14,15)16)71(55)54-27-26-46(65(5,6)7)36-51(54)42-21-18-17-19-22-42/h17-38,72H,39H2,1-16H3. The number of nitrogens with zero attached hydrogens (tertiary/aromatic N) is 3. The molecule has 378 valence electrons. The smallest absolute Gasteiger partial charge is 0.173 e. The lowest BCUT2D eigenvalue weighted by Crippen LogP contribution is -2.17. The number of furan rings is 2. The van der Waals surface area contributed by atoms with Crippen molar-refractivity contribution in [1.29, 1.82) is 0 Å². The number of hydrogen-bond acceptors (Lipinski definition) is 5. The van der Waals surface area contributed by atoms with Crippen LogP contribution in [0, 0.1) is 12.3 Å². The van der Waals surface area contributed by atoms with Crippen LogP contribution in [0.3, 0.4) is 0 Å². The summed E-state index contributed by atoms with van der Waals surface area (Å²) < 4.78 is 15.7. The molecule has 0 spiro atoms. The number of imidazole rings is 1. The lowest BCUT2D eigenvalue weighted by molar-refractivity contribution is 0.411. The van der Waals surface area contributed by atoms with Gasteiger partial charge in [-0.3, -0.25) is 9.55 Å². The molecular formula is C68H73N3O3. The van der Waals surface area contributed by atoms with E-state index in [1.54, 1.807) is 0 Å². The number of hydrogen-bond donors (Lipinski definition) is 1. The van der Waals surface area contributed by atoms with Crippen molar-refractivity contribution in [2.45, 2.75) is 139 Å². The molecule has 0 aliphatic carbocycles. The third kappa shape index (κ3) is 9.37. The number of aromatic nitrogens is 3. The maximum absolute atomic E-state index is 12.7. The first-order chi connectivity index (χ1) is 34.6. The number of pyridine rings is 1. The Labute approximate surface area is 438 Å². The van der Waals surface area contributed by atoms with Crippen molar-refractivity contribution in [3.63, 3.8) is 0 Å². The lowest BCUT2D eigenvalue weighted by Gasteiger charge is -2.28. The van der Waals surface area contributed by atoms with Crippen LogP contribution in [0.1, 0.15) is 137 Å². The summed E-state index contributed by atoms with van der Waals surface area (Å²) in [5.74, 6) is 2.33. The Morgan fingerprint density at radius 3 is 1.91 bits per heavy atom. The number of phenolic OH excluding ortho intramolecular Hbond substituents is 1. The summed E-state index contributed by atoms with van der Waals surface area (Å²) >= 11 is 0. The first-order valence-corrected chi connectivity index (χ1v) is 26.3. The zero-order chi connectivity index (χ0) is 53.0.